The predicted molar refractivity (Wildman–Crippen MR) is 140 cm³/mol. The third kappa shape index (κ3) is 5.47. The molecule has 1 saturated heterocycles. The fraction of sp³-hybridized carbons (Fsp3) is 0.290. The van der Waals surface area contributed by atoms with E-state index >= 15 is 0 Å². The summed E-state index contributed by atoms with van der Waals surface area (Å²) >= 11 is 0. The lowest BCUT2D eigenvalue weighted by Gasteiger charge is -2.38. The smallest absolute Gasteiger partial charge is 0.416 e. The number of fused-ring (bicyclic) bond motifs is 3. The molecule has 0 spiro atoms. The van der Waals surface area contributed by atoms with Gasteiger partial charge in [-0.2, -0.15) is 13.2 Å². The summed E-state index contributed by atoms with van der Waals surface area (Å²) in [7, 11) is 0. The lowest BCUT2D eigenvalue weighted by atomic mass is 9.82. The Balaban J connectivity index is 1.60. The minimum atomic E-state index is -4.43. The van der Waals surface area contributed by atoms with Gasteiger partial charge in [-0.05, 0) is 60.7 Å². The van der Waals surface area contributed by atoms with Crippen LogP contribution in [0, 0.1) is 5.92 Å². The molecular weight excluding hydrogens is 505 g/mol. The van der Waals surface area contributed by atoms with Crippen molar-refractivity contribution >= 4 is 11.9 Å². The number of esters is 1. The average Bonchev–Trinajstić information content (AvgIpc) is 3.25. The highest BCUT2D eigenvalue weighted by Crippen LogP contribution is 2.47. The zero-order valence-electron chi connectivity index (χ0n) is 21.5. The third-order valence-corrected chi connectivity index (χ3v) is 7.40. The standard InChI is InChI=1S/C31H29F3N2O3/c1-2-39-28(37)17-16-26-27(20-21-12-14-24(15-13-21)31(32,33)34)36(30(38)23-9-4-3-5-10-23)35-19-18-22-8-6-7-11-25(22)29(26)35/h3-17,26-27,29H,2,18-20H2,1H3/b17-16+/t26-,27-,29+/m1/s1. The number of carbonyl (C=O) groups is 2. The minimum absolute atomic E-state index is 0.191. The van der Waals surface area contributed by atoms with Gasteiger partial charge in [-0.1, -0.05) is 60.7 Å². The van der Waals surface area contributed by atoms with Crippen LogP contribution < -0.4 is 0 Å². The van der Waals surface area contributed by atoms with Gasteiger partial charge in [0, 0.05) is 24.1 Å². The van der Waals surface area contributed by atoms with Crippen molar-refractivity contribution in [3.05, 3.63) is 119 Å². The van der Waals surface area contributed by atoms with Gasteiger partial charge in [-0.25, -0.2) is 9.80 Å². The molecule has 3 atom stereocenters. The molecule has 1 fully saturated rings. The Hall–Kier alpha value is -3.91. The molecule has 2 aliphatic heterocycles. The van der Waals surface area contributed by atoms with Crippen LogP contribution in [0.4, 0.5) is 13.2 Å². The van der Waals surface area contributed by atoms with E-state index in [1.54, 1.807) is 42.3 Å². The topological polar surface area (TPSA) is 49.9 Å². The second-order valence-corrected chi connectivity index (χ2v) is 9.73. The zero-order chi connectivity index (χ0) is 27.6. The summed E-state index contributed by atoms with van der Waals surface area (Å²) in [6.45, 7) is 2.56. The normalized spacial score (nSPS) is 21.0. The first-order valence-corrected chi connectivity index (χ1v) is 13.0. The van der Waals surface area contributed by atoms with Crippen molar-refractivity contribution in [2.45, 2.75) is 38.0 Å². The number of carbonyl (C=O) groups excluding carboxylic acids is 2. The van der Waals surface area contributed by atoms with E-state index in [1.807, 2.05) is 24.3 Å². The summed E-state index contributed by atoms with van der Waals surface area (Å²) < 4.78 is 44.8. The van der Waals surface area contributed by atoms with E-state index < -0.39 is 23.8 Å². The second kappa shape index (κ2) is 11.1. The lowest BCUT2D eigenvalue weighted by molar-refractivity contribution is -0.138. The van der Waals surface area contributed by atoms with E-state index in [4.69, 9.17) is 4.74 Å². The first kappa shape index (κ1) is 26.7. The highest BCUT2D eigenvalue weighted by molar-refractivity contribution is 5.94. The van der Waals surface area contributed by atoms with Crippen molar-refractivity contribution < 1.29 is 27.5 Å². The van der Waals surface area contributed by atoms with Crippen molar-refractivity contribution in [2.24, 2.45) is 5.92 Å². The van der Waals surface area contributed by atoms with E-state index in [-0.39, 0.29) is 24.5 Å². The number of halogens is 3. The van der Waals surface area contributed by atoms with Crippen molar-refractivity contribution in [3.63, 3.8) is 0 Å². The van der Waals surface area contributed by atoms with Gasteiger partial charge in [-0.15, -0.1) is 0 Å². The number of benzene rings is 3. The van der Waals surface area contributed by atoms with Gasteiger partial charge in [0.1, 0.15) is 0 Å². The zero-order valence-corrected chi connectivity index (χ0v) is 21.5. The van der Waals surface area contributed by atoms with Gasteiger partial charge in [0.25, 0.3) is 5.91 Å². The Morgan fingerprint density at radius 3 is 2.36 bits per heavy atom. The van der Waals surface area contributed by atoms with Crippen LogP contribution in [0.3, 0.4) is 0 Å². The number of hydrazine groups is 1. The fourth-order valence-corrected chi connectivity index (χ4v) is 5.68. The number of alkyl halides is 3. The first-order chi connectivity index (χ1) is 18.8. The van der Waals surface area contributed by atoms with Crippen LogP contribution in [0.15, 0.2) is 91.0 Å². The van der Waals surface area contributed by atoms with Gasteiger partial charge >= 0.3 is 12.1 Å². The molecule has 202 valence electrons. The molecule has 5 rings (SSSR count). The van der Waals surface area contributed by atoms with Crippen LogP contribution in [-0.2, 0) is 28.5 Å². The number of hydrogen-bond donors (Lipinski definition) is 0. The van der Waals surface area contributed by atoms with Crippen molar-refractivity contribution in [1.82, 2.24) is 10.0 Å². The van der Waals surface area contributed by atoms with Crippen molar-refractivity contribution in [3.8, 4) is 0 Å². The molecule has 3 aromatic rings. The van der Waals surface area contributed by atoms with Gasteiger partial charge in [-0.3, -0.25) is 9.80 Å². The highest BCUT2D eigenvalue weighted by atomic mass is 19.4. The molecule has 2 heterocycles. The molecule has 0 N–H and O–H groups in total. The molecule has 1 amide bonds. The largest absolute Gasteiger partial charge is 0.463 e. The summed E-state index contributed by atoms with van der Waals surface area (Å²) in [4.78, 5) is 26.3. The fourth-order valence-electron chi connectivity index (χ4n) is 5.68. The Bertz CT molecular complexity index is 1360. The van der Waals surface area contributed by atoms with Gasteiger partial charge in [0.05, 0.1) is 24.3 Å². The van der Waals surface area contributed by atoms with E-state index in [9.17, 15) is 22.8 Å². The molecule has 0 aromatic heterocycles. The van der Waals surface area contributed by atoms with Crippen LogP contribution in [-0.4, -0.2) is 41.1 Å². The molecule has 5 nitrogen and oxygen atoms in total. The molecular formula is C31H29F3N2O3. The highest BCUT2D eigenvalue weighted by Gasteiger charge is 2.51. The van der Waals surface area contributed by atoms with E-state index in [0.29, 0.717) is 24.1 Å². The van der Waals surface area contributed by atoms with Crippen LogP contribution in [0.1, 0.15) is 45.6 Å². The summed E-state index contributed by atoms with van der Waals surface area (Å²) in [5.41, 5.74) is 2.71. The maximum absolute atomic E-state index is 14.0. The molecule has 39 heavy (non-hydrogen) atoms. The molecule has 8 heteroatoms. The first-order valence-electron chi connectivity index (χ1n) is 13.0. The number of rotatable bonds is 6. The quantitative estimate of drug-likeness (QED) is 0.287. The minimum Gasteiger partial charge on any atom is -0.463 e. The summed E-state index contributed by atoms with van der Waals surface area (Å²) in [6, 6.07) is 21.4. The molecule has 0 radical (unpaired) electrons. The maximum atomic E-state index is 14.0. The predicted octanol–water partition coefficient (Wildman–Crippen LogP) is 6.02. The molecule has 0 saturated carbocycles. The van der Waals surface area contributed by atoms with Crippen molar-refractivity contribution in [2.75, 3.05) is 13.2 Å². The Morgan fingerprint density at radius 1 is 0.974 bits per heavy atom. The summed E-state index contributed by atoms with van der Waals surface area (Å²) in [6.07, 6.45) is -0.183. The SMILES string of the molecule is CCOC(=O)/C=C/[C@@H]1[C@@H](Cc2ccc(C(F)(F)F)cc2)N(C(=O)c2ccccc2)N2CCc3ccccc3[C@@H]12. The average molecular weight is 535 g/mol. The monoisotopic (exact) mass is 534 g/mol. The van der Waals surface area contributed by atoms with E-state index in [2.05, 4.69) is 11.1 Å². The second-order valence-electron chi connectivity index (χ2n) is 9.73. The van der Waals surface area contributed by atoms with Crippen LogP contribution >= 0.6 is 0 Å². The maximum Gasteiger partial charge on any atom is 0.416 e. The number of ether oxygens (including phenoxy) is 1. The van der Waals surface area contributed by atoms with Gasteiger partial charge in [0.15, 0.2) is 0 Å². The number of nitrogens with zero attached hydrogens (tertiary/aromatic N) is 2. The number of hydrogen-bond acceptors (Lipinski definition) is 4. The molecule has 3 aromatic carbocycles. The van der Waals surface area contributed by atoms with Gasteiger partial charge in [0.2, 0.25) is 0 Å². The molecule has 2 aliphatic rings. The van der Waals surface area contributed by atoms with E-state index in [0.717, 1.165) is 24.1 Å². The Kier molecular flexibility index (Phi) is 7.57. The molecule has 0 unspecified atom stereocenters. The van der Waals surface area contributed by atoms with Crippen molar-refractivity contribution in [1.29, 1.82) is 0 Å². The lowest BCUT2D eigenvalue weighted by Crippen LogP contribution is -2.48. The van der Waals surface area contributed by atoms with E-state index in [1.165, 1.54) is 23.8 Å². The van der Waals surface area contributed by atoms with Crippen LogP contribution in [0.25, 0.3) is 0 Å². The van der Waals surface area contributed by atoms with Gasteiger partial charge < -0.3 is 4.74 Å². The van der Waals surface area contributed by atoms with Crippen LogP contribution in [0.2, 0.25) is 0 Å². The Labute approximate surface area is 225 Å². The third-order valence-electron chi connectivity index (χ3n) is 7.40. The Morgan fingerprint density at radius 2 is 1.67 bits per heavy atom. The van der Waals surface area contributed by atoms with Crippen LogP contribution in [0.5, 0.6) is 0 Å². The molecule has 0 aliphatic carbocycles. The summed E-state index contributed by atoms with van der Waals surface area (Å²) in [5, 5.41) is 3.82. The molecule has 0 bridgehead atoms. The number of amides is 1. The summed E-state index contributed by atoms with van der Waals surface area (Å²) in [5.74, 6) is -0.982.